The lowest BCUT2D eigenvalue weighted by molar-refractivity contribution is 0.0686. The van der Waals surface area contributed by atoms with Gasteiger partial charge in [0.25, 0.3) is 0 Å². The van der Waals surface area contributed by atoms with E-state index in [1.807, 2.05) is 19.1 Å². The minimum atomic E-state index is -1.11. The van der Waals surface area contributed by atoms with Crippen LogP contribution in [0.25, 0.3) is 11.3 Å². The van der Waals surface area contributed by atoms with E-state index in [0.717, 1.165) is 24.0 Å². The van der Waals surface area contributed by atoms with Gasteiger partial charge in [-0.05, 0) is 24.1 Å². The van der Waals surface area contributed by atoms with Crippen LogP contribution in [0.15, 0.2) is 22.7 Å². The van der Waals surface area contributed by atoms with Crippen LogP contribution in [-0.4, -0.2) is 29.4 Å². The molecule has 110 valence electrons. The SMILES string of the molecule is CCc1cc2c(cc1-c1cc(C(=O)O)no1)OCCCO2. The molecular weight excluding hydrogens is 274 g/mol. The number of aromatic carboxylic acids is 1. The summed E-state index contributed by atoms with van der Waals surface area (Å²) in [5.41, 5.74) is 1.66. The molecule has 0 atom stereocenters. The Morgan fingerprint density at radius 2 is 1.95 bits per heavy atom. The minimum Gasteiger partial charge on any atom is -0.490 e. The largest absolute Gasteiger partial charge is 0.490 e. The van der Waals surface area contributed by atoms with E-state index in [4.69, 9.17) is 19.1 Å². The van der Waals surface area contributed by atoms with Crippen LogP contribution < -0.4 is 9.47 Å². The lowest BCUT2D eigenvalue weighted by Gasteiger charge is -2.12. The molecule has 1 aromatic carbocycles. The predicted octanol–water partition coefficient (Wildman–Crippen LogP) is 2.76. The molecule has 6 nitrogen and oxygen atoms in total. The number of nitrogens with zero attached hydrogens (tertiary/aromatic N) is 1. The molecule has 3 rings (SSSR count). The van der Waals surface area contributed by atoms with Gasteiger partial charge in [-0.3, -0.25) is 0 Å². The van der Waals surface area contributed by atoms with E-state index in [0.29, 0.717) is 30.5 Å². The Morgan fingerprint density at radius 3 is 2.57 bits per heavy atom. The number of rotatable bonds is 3. The third-order valence-electron chi connectivity index (χ3n) is 3.35. The first-order chi connectivity index (χ1) is 10.2. The van der Waals surface area contributed by atoms with Crippen LogP contribution in [-0.2, 0) is 6.42 Å². The van der Waals surface area contributed by atoms with Gasteiger partial charge in [0.15, 0.2) is 23.0 Å². The Morgan fingerprint density at radius 1 is 1.24 bits per heavy atom. The number of hydrogen-bond acceptors (Lipinski definition) is 5. The van der Waals surface area contributed by atoms with Gasteiger partial charge in [0, 0.05) is 18.1 Å². The van der Waals surface area contributed by atoms with Gasteiger partial charge in [-0.2, -0.15) is 0 Å². The molecule has 0 radical (unpaired) electrons. The van der Waals surface area contributed by atoms with Crippen molar-refractivity contribution in [2.45, 2.75) is 19.8 Å². The van der Waals surface area contributed by atoms with Crippen molar-refractivity contribution in [3.63, 3.8) is 0 Å². The molecule has 0 fully saturated rings. The van der Waals surface area contributed by atoms with Crippen molar-refractivity contribution < 1.29 is 23.9 Å². The normalized spacial score (nSPS) is 13.8. The molecule has 1 N–H and O–H groups in total. The molecule has 1 aliphatic rings. The highest BCUT2D eigenvalue weighted by Gasteiger charge is 2.19. The van der Waals surface area contributed by atoms with Gasteiger partial charge >= 0.3 is 5.97 Å². The molecule has 2 aromatic rings. The van der Waals surface area contributed by atoms with Gasteiger partial charge in [-0.15, -0.1) is 0 Å². The number of carbonyl (C=O) groups is 1. The smallest absolute Gasteiger partial charge is 0.358 e. The molecular formula is C15H15NO5. The van der Waals surface area contributed by atoms with Crippen molar-refractivity contribution in [2.24, 2.45) is 0 Å². The lowest BCUT2D eigenvalue weighted by Crippen LogP contribution is -1.97. The highest BCUT2D eigenvalue weighted by atomic mass is 16.5. The quantitative estimate of drug-likeness (QED) is 0.935. The first-order valence-electron chi connectivity index (χ1n) is 6.82. The average Bonchev–Trinajstić information content (AvgIpc) is 2.86. The third kappa shape index (κ3) is 2.56. The molecule has 1 aliphatic heterocycles. The fraction of sp³-hybridized carbons (Fsp3) is 0.333. The highest BCUT2D eigenvalue weighted by Crippen LogP contribution is 2.37. The molecule has 21 heavy (non-hydrogen) atoms. The zero-order valence-corrected chi connectivity index (χ0v) is 11.6. The number of aromatic nitrogens is 1. The zero-order valence-electron chi connectivity index (χ0n) is 11.6. The second kappa shape index (κ2) is 5.47. The second-order valence-corrected chi connectivity index (χ2v) is 4.74. The van der Waals surface area contributed by atoms with Crippen molar-refractivity contribution in [2.75, 3.05) is 13.2 Å². The van der Waals surface area contributed by atoms with E-state index >= 15 is 0 Å². The van der Waals surface area contributed by atoms with Crippen LogP contribution in [0.5, 0.6) is 11.5 Å². The summed E-state index contributed by atoms with van der Waals surface area (Å²) < 4.78 is 16.5. The van der Waals surface area contributed by atoms with E-state index in [9.17, 15) is 4.79 Å². The van der Waals surface area contributed by atoms with Crippen LogP contribution in [0.3, 0.4) is 0 Å². The third-order valence-corrected chi connectivity index (χ3v) is 3.35. The van der Waals surface area contributed by atoms with Gasteiger partial charge in [0.05, 0.1) is 13.2 Å². The summed E-state index contributed by atoms with van der Waals surface area (Å²) >= 11 is 0. The Hall–Kier alpha value is -2.50. The van der Waals surface area contributed by atoms with Crippen molar-refractivity contribution in [1.29, 1.82) is 0 Å². The fourth-order valence-corrected chi connectivity index (χ4v) is 2.28. The lowest BCUT2D eigenvalue weighted by atomic mass is 10.0. The fourth-order valence-electron chi connectivity index (χ4n) is 2.28. The summed E-state index contributed by atoms with van der Waals surface area (Å²) in [6.07, 6.45) is 1.59. The summed E-state index contributed by atoms with van der Waals surface area (Å²) in [6, 6.07) is 5.16. The zero-order chi connectivity index (χ0) is 14.8. The molecule has 2 heterocycles. The van der Waals surface area contributed by atoms with Crippen molar-refractivity contribution in [1.82, 2.24) is 5.16 Å². The van der Waals surface area contributed by atoms with E-state index in [-0.39, 0.29) is 5.69 Å². The Labute approximate surface area is 121 Å². The monoisotopic (exact) mass is 289 g/mol. The van der Waals surface area contributed by atoms with Gasteiger partial charge in [-0.1, -0.05) is 12.1 Å². The predicted molar refractivity (Wildman–Crippen MR) is 73.9 cm³/mol. The number of benzene rings is 1. The van der Waals surface area contributed by atoms with E-state index in [1.54, 1.807) is 0 Å². The molecule has 0 amide bonds. The number of hydrogen-bond donors (Lipinski definition) is 1. The van der Waals surface area contributed by atoms with Crippen molar-refractivity contribution in [3.8, 4) is 22.8 Å². The number of carboxylic acids is 1. The van der Waals surface area contributed by atoms with Crippen LogP contribution in [0.2, 0.25) is 0 Å². The number of aryl methyl sites for hydroxylation is 1. The van der Waals surface area contributed by atoms with Crippen molar-refractivity contribution >= 4 is 5.97 Å². The molecule has 0 unspecified atom stereocenters. The van der Waals surface area contributed by atoms with Gasteiger partial charge in [-0.25, -0.2) is 4.79 Å². The van der Waals surface area contributed by atoms with E-state index in [2.05, 4.69) is 5.16 Å². The van der Waals surface area contributed by atoms with Crippen LogP contribution in [0, 0.1) is 0 Å². The number of carboxylic acid groups (broad SMARTS) is 1. The summed E-state index contributed by atoms with van der Waals surface area (Å²) in [5.74, 6) is 0.663. The molecule has 1 aromatic heterocycles. The second-order valence-electron chi connectivity index (χ2n) is 4.74. The maximum absolute atomic E-state index is 10.9. The first kappa shape index (κ1) is 13.5. The maximum atomic E-state index is 10.9. The summed E-state index contributed by atoms with van der Waals surface area (Å²) in [6.45, 7) is 3.23. The summed E-state index contributed by atoms with van der Waals surface area (Å²) in [5, 5.41) is 12.5. The van der Waals surface area contributed by atoms with Crippen LogP contribution in [0.4, 0.5) is 0 Å². The van der Waals surface area contributed by atoms with Crippen LogP contribution in [0.1, 0.15) is 29.4 Å². The van der Waals surface area contributed by atoms with Gasteiger partial charge < -0.3 is 19.1 Å². The Balaban J connectivity index is 2.07. The Bertz CT molecular complexity index is 677. The average molecular weight is 289 g/mol. The molecule has 0 spiro atoms. The molecule has 0 bridgehead atoms. The maximum Gasteiger partial charge on any atom is 0.358 e. The minimum absolute atomic E-state index is 0.112. The molecule has 0 saturated heterocycles. The first-order valence-corrected chi connectivity index (χ1v) is 6.82. The molecule has 6 heteroatoms. The van der Waals surface area contributed by atoms with E-state index in [1.165, 1.54) is 6.07 Å². The standard InChI is InChI=1S/C15H15NO5/c1-2-9-6-13-14(20-5-3-4-19-13)7-10(9)12-8-11(15(17)18)16-21-12/h6-8H,2-5H2,1H3,(H,17,18). The molecule has 0 aliphatic carbocycles. The van der Waals surface area contributed by atoms with E-state index < -0.39 is 5.97 Å². The molecule has 0 saturated carbocycles. The number of ether oxygens (including phenoxy) is 2. The number of fused-ring (bicyclic) bond motifs is 1. The summed E-state index contributed by atoms with van der Waals surface area (Å²) in [4.78, 5) is 10.9. The highest BCUT2D eigenvalue weighted by molar-refractivity contribution is 5.86. The van der Waals surface area contributed by atoms with Crippen LogP contribution >= 0.6 is 0 Å². The van der Waals surface area contributed by atoms with Crippen molar-refractivity contribution in [3.05, 3.63) is 29.5 Å². The van der Waals surface area contributed by atoms with Gasteiger partial charge in [0.2, 0.25) is 0 Å². The Kier molecular flexibility index (Phi) is 3.51. The van der Waals surface area contributed by atoms with Gasteiger partial charge in [0.1, 0.15) is 0 Å². The topological polar surface area (TPSA) is 81.8 Å². The summed E-state index contributed by atoms with van der Waals surface area (Å²) in [7, 11) is 0.